The maximum absolute atomic E-state index is 5.82. The molecule has 7 nitrogen and oxygen atoms in total. The number of anilines is 1. The van der Waals surface area contributed by atoms with E-state index in [0.717, 1.165) is 42.8 Å². The van der Waals surface area contributed by atoms with E-state index < -0.39 is 0 Å². The molecule has 0 saturated carbocycles. The first-order valence-corrected chi connectivity index (χ1v) is 8.59. The molecule has 0 saturated heterocycles. The number of unbranched alkanes of at least 4 members (excludes halogenated alkanes) is 1. The quantitative estimate of drug-likeness (QED) is 0.540. The molecule has 0 aliphatic rings. The molecule has 0 atom stereocenters. The minimum atomic E-state index is 0.424. The molecule has 4 aromatic rings. The Morgan fingerprint density at radius 3 is 2.69 bits per heavy atom. The van der Waals surface area contributed by atoms with Crippen LogP contribution in [0.4, 0.5) is 5.82 Å². The van der Waals surface area contributed by atoms with Crippen LogP contribution in [0.2, 0.25) is 0 Å². The zero-order valence-electron chi connectivity index (χ0n) is 14.3. The van der Waals surface area contributed by atoms with Gasteiger partial charge >= 0.3 is 0 Å². The fraction of sp³-hybridized carbons (Fsp3) is 0.211. The molecule has 7 heteroatoms. The van der Waals surface area contributed by atoms with Crippen LogP contribution in [0.15, 0.2) is 55.4 Å². The number of pyridine rings is 2. The molecule has 0 radical (unpaired) electrons. The predicted octanol–water partition coefficient (Wildman–Crippen LogP) is 2.89. The van der Waals surface area contributed by atoms with Crippen LogP contribution in [0.5, 0.6) is 0 Å². The van der Waals surface area contributed by atoms with Gasteiger partial charge in [-0.1, -0.05) is 6.07 Å². The normalized spacial score (nSPS) is 11.1. The van der Waals surface area contributed by atoms with Gasteiger partial charge in [0.25, 0.3) is 0 Å². The average molecular weight is 345 g/mol. The summed E-state index contributed by atoms with van der Waals surface area (Å²) in [4.78, 5) is 21.3. The van der Waals surface area contributed by atoms with Gasteiger partial charge < -0.3 is 10.3 Å². The number of aromatic nitrogens is 6. The van der Waals surface area contributed by atoms with Gasteiger partial charge in [-0.25, -0.2) is 15.0 Å². The van der Waals surface area contributed by atoms with Crippen molar-refractivity contribution in [2.45, 2.75) is 25.8 Å². The Balaban J connectivity index is 1.37. The number of imidazole rings is 1. The van der Waals surface area contributed by atoms with Gasteiger partial charge in [0.05, 0.1) is 17.7 Å². The second-order valence-corrected chi connectivity index (χ2v) is 6.09. The van der Waals surface area contributed by atoms with Crippen molar-refractivity contribution in [2.24, 2.45) is 0 Å². The van der Waals surface area contributed by atoms with Crippen molar-refractivity contribution in [3.63, 3.8) is 0 Å². The highest BCUT2D eigenvalue weighted by Gasteiger charge is 2.07. The van der Waals surface area contributed by atoms with Crippen molar-refractivity contribution in [2.75, 3.05) is 5.73 Å². The van der Waals surface area contributed by atoms with Crippen molar-refractivity contribution in [1.29, 1.82) is 0 Å². The number of fused-ring (bicyclic) bond motifs is 1. The van der Waals surface area contributed by atoms with Gasteiger partial charge in [-0.05, 0) is 49.1 Å². The standard InChI is InChI=1S/C19H19N7/c20-18-17-19(24-12-23-18)26(13-25-17)10-4-2-5-14-7-9-22-16(11-14)15-6-1-3-8-21-15/h1,3,6-9,11-13H,2,4-5,10H2,(H2,20,23,24). The second-order valence-electron chi connectivity index (χ2n) is 6.09. The first kappa shape index (κ1) is 16.1. The number of hydrogen-bond donors (Lipinski definition) is 1. The Bertz CT molecular complexity index is 1010. The van der Waals surface area contributed by atoms with E-state index in [9.17, 15) is 0 Å². The van der Waals surface area contributed by atoms with Crippen LogP contribution in [0.3, 0.4) is 0 Å². The largest absolute Gasteiger partial charge is 0.382 e. The van der Waals surface area contributed by atoms with Gasteiger partial charge in [0.2, 0.25) is 0 Å². The van der Waals surface area contributed by atoms with Crippen LogP contribution >= 0.6 is 0 Å². The number of rotatable bonds is 6. The third-order valence-corrected chi connectivity index (χ3v) is 4.30. The molecule has 0 unspecified atom stereocenters. The SMILES string of the molecule is Nc1ncnc2c1ncn2CCCCc1ccnc(-c2ccccn2)c1. The van der Waals surface area contributed by atoms with Crippen LogP contribution in [0, 0.1) is 0 Å². The third-order valence-electron chi connectivity index (χ3n) is 4.30. The van der Waals surface area contributed by atoms with E-state index in [0.29, 0.717) is 11.3 Å². The number of hydrogen-bond acceptors (Lipinski definition) is 6. The van der Waals surface area contributed by atoms with Crippen molar-refractivity contribution in [1.82, 2.24) is 29.5 Å². The summed E-state index contributed by atoms with van der Waals surface area (Å²) >= 11 is 0. The summed E-state index contributed by atoms with van der Waals surface area (Å²) in [5, 5.41) is 0. The van der Waals surface area contributed by atoms with Crippen molar-refractivity contribution in [3.8, 4) is 11.4 Å². The van der Waals surface area contributed by atoms with Crippen molar-refractivity contribution < 1.29 is 0 Å². The zero-order valence-corrected chi connectivity index (χ0v) is 14.3. The fourth-order valence-electron chi connectivity index (χ4n) is 2.96. The maximum atomic E-state index is 5.82. The van der Waals surface area contributed by atoms with Crippen molar-refractivity contribution in [3.05, 3.63) is 60.9 Å². The molecule has 0 bridgehead atoms. The molecule has 4 aromatic heterocycles. The van der Waals surface area contributed by atoms with E-state index >= 15 is 0 Å². The van der Waals surface area contributed by atoms with Crippen LogP contribution in [0.25, 0.3) is 22.6 Å². The van der Waals surface area contributed by atoms with E-state index in [-0.39, 0.29) is 0 Å². The maximum Gasteiger partial charge on any atom is 0.165 e. The molecule has 0 amide bonds. The Hall–Kier alpha value is -3.35. The van der Waals surface area contributed by atoms with E-state index in [1.54, 1.807) is 12.5 Å². The van der Waals surface area contributed by atoms with E-state index in [2.05, 4.69) is 37.1 Å². The first-order chi connectivity index (χ1) is 12.8. The van der Waals surface area contributed by atoms with Crippen LogP contribution < -0.4 is 5.73 Å². The van der Waals surface area contributed by atoms with Gasteiger partial charge in [-0.15, -0.1) is 0 Å². The molecule has 0 spiro atoms. The summed E-state index contributed by atoms with van der Waals surface area (Å²) in [5.74, 6) is 0.424. The molecule has 0 fully saturated rings. The molecular formula is C19H19N7. The fourth-order valence-corrected chi connectivity index (χ4v) is 2.96. The number of aryl methyl sites for hydroxylation is 2. The van der Waals surface area contributed by atoms with E-state index in [1.165, 1.54) is 11.9 Å². The highest BCUT2D eigenvalue weighted by Crippen LogP contribution is 2.17. The van der Waals surface area contributed by atoms with E-state index in [1.807, 2.05) is 29.0 Å². The molecule has 0 aliphatic carbocycles. The summed E-state index contributed by atoms with van der Waals surface area (Å²) in [5.41, 5.74) is 10.4. The molecular weight excluding hydrogens is 326 g/mol. The summed E-state index contributed by atoms with van der Waals surface area (Å²) in [6.45, 7) is 0.852. The molecule has 130 valence electrons. The monoisotopic (exact) mass is 345 g/mol. The highest BCUT2D eigenvalue weighted by molar-refractivity contribution is 5.81. The second kappa shape index (κ2) is 7.26. The van der Waals surface area contributed by atoms with Crippen molar-refractivity contribution >= 4 is 17.0 Å². The molecule has 4 heterocycles. The number of nitrogens with zero attached hydrogens (tertiary/aromatic N) is 6. The molecule has 0 aliphatic heterocycles. The van der Waals surface area contributed by atoms with Gasteiger partial charge in [-0.3, -0.25) is 9.97 Å². The Morgan fingerprint density at radius 1 is 0.885 bits per heavy atom. The van der Waals surface area contributed by atoms with Crippen LogP contribution in [-0.4, -0.2) is 29.5 Å². The Labute approximate surface area is 151 Å². The third kappa shape index (κ3) is 3.37. The summed E-state index contributed by atoms with van der Waals surface area (Å²) in [6, 6.07) is 10.0. The smallest absolute Gasteiger partial charge is 0.165 e. The summed E-state index contributed by atoms with van der Waals surface area (Å²) in [7, 11) is 0. The van der Waals surface area contributed by atoms with Gasteiger partial charge in [0.15, 0.2) is 11.5 Å². The van der Waals surface area contributed by atoms with Gasteiger partial charge in [0, 0.05) is 18.9 Å². The lowest BCUT2D eigenvalue weighted by Crippen LogP contribution is -2.00. The van der Waals surface area contributed by atoms with Gasteiger partial charge in [-0.2, -0.15) is 0 Å². The minimum Gasteiger partial charge on any atom is -0.382 e. The topological polar surface area (TPSA) is 95.4 Å². The molecule has 26 heavy (non-hydrogen) atoms. The zero-order chi connectivity index (χ0) is 17.8. The van der Waals surface area contributed by atoms with Gasteiger partial charge in [0.1, 0.15) is 11.8 Å². The molecule has 0 aromatic carbocycles. The predicted molar refractivity (Wildman–Crippen MR) is 100 cm³/mol. The van der Waals surface area contributed by atoms with Crippen LogP contribution in [0.1, 0.15) is 18.4 Å². The lowest BCUT2D eigenvalue weighted by molar-refractivity contribution is 0.617. The first-order valence-electron chi connectivity index (χ1n) is 8.59. The molecule has 2 N–H and O–H groups in total. The van der Waals surface area contributed by atoms with Crippen LogP contribution in [-0.2, 0) is 13.0 Å². The lowest BCUT2D eigenvalue weighted by atomic mass is 10.1. The Kier molecular flexibility index (Phi) is 4.51. The summed E-state index contributed by atoms with van der Waals surface area (Å²) < 4.78 is 2.03. The lowest BCUT2D eigenvalue weighted by Gasteiger charge is -2.06. The number of nitrogens with two attached hydrogens (primary N) is 1. The summed E-state index contributed by atoms with van der Waals surface area (Å²) in [6.07, 6.45) is 9.97. The van der Waals surface area contributed by atoms with E-state index in [4.69, 9.17) is 5.73 Å². The minimum absolute atomic E-state index is 0.424. The Morgan fingerprint density at radius 2 is 1.81 bits per heavy atom. The average Bonchev–Trinajstić information content (AvgIpc) is 3.11. The molecule has 4 rings (SSSR count). The number of nitrogen functional groups attached to an aromatic ring is 1. The highest BCUT2D eigenvalue weighted by atomic mass is 15.1.